The van der Waals surface area contributed by atoms with E-state index in [-0.39, 0.29) is 24.7 Å². The molecule has 4 bridgehead atoms. The van der Waals surface area contributed by atoms with Gasteiger partial charge in [0.15, 0.2) is 11.4 Å². The Morgan fingerprint density at radius 1 is 1.38 bits per heavy atom. The maximum Gasteiger partial charge on any atom is 0.315 e. The number of anilines is 1. The van der Waals surface area contributed by atoms with Crippen LogP contribution in [-0.2, 0) is 24.4 Å². The Hall–Kier alpha value is -1.93. The Morgan fingerprint density at radius 2 is 2.17 bits per heavy atom. The molecule has 4 heterocycles. The van der Waals surface area contributed by atoms with Crippen LogP contribution in [0.1, 0.15) is 25.3 Å². The number of nitrogens with one attached hydrogen (secondary N) is 1. The van der Waals surface area contributed by atoms with Crippen molar-refractivity contribution < 1.29 is 24.1 Å². The number of carbonyl (C=O) groups is 1. The number of fused-ring (bicyclic) bond motifs is 4. The lowest BCUT2D eigenvalue weighted by atomic mass is 9.41. The van der Waals surface area contributed by atoms with E-state index in [9.17, 15) is 9.90 Å². The summed E-state index contributed by atoms with van der Waals surface area (Å²) in [6, 6.07) is 8.03. The Morgan fingerprint density at radius 3 is 2.86 bits per heavy atom. The molecule has 3 saturated heterocycles. The molecule has 1 aliphatic carbocycles. The first-order valence-electron chi connectivity index (χ1n) is 10.2. The zero-order valence-corrected chi connectivity index (χ0v) is 16.9. The Balaban J connectivity index is 1.77. The number of hydrogen-bond donors (Lipinski definition) is 2. The van der Waals surface area contributed by atoms with E-state index >= 15 is 0 Å². The van der Waals surface area contributed by atoms with Crippen LogP contribution in [0.2, 0.25) is 0 Å². The van der Waals surface area contributed by atoms with Gasteiger partial charge in [-0.15, -0.1) is 0 Å². The summed E-state index contributed by atoms with van der Waals surface area (Å²) in [4.78, 5) is 15.9. The number of allylic oxidation sites excluding steroid dienone is 1. The van der Waals surface area contributed by atoms with E-state index in [0.717, 1.165) is 16.8 Å². The van der Waals surface area contributed by atoms with E-state index in [1.165, 1.54) is 7.11 Å². The van der Waals surface area contributed by atoms with Crippen LogP contribution in [0.3, 0.4) is 0 Å². The van der Waals surface area contributed by atoms with E-state index in [0.29, 0.717) is 19.4 Å². The Labute approximate surface area is 169 Å². The van der Waals surface area contributed by atoms with E-state index < -0.39 is 22.3 Å². The highest BCUT2D eigenvalue weighted by Crippen LogP contribution is 2.79. The van der Waals surface area contributed by atoms with Gasteiger partial charge < -0.3 is 24.6 Å². The molecule has 1 spiro atoms. The summed E-state index contributed by atoms with van der Waals surface area (Å²) in [5, 5.41) is 14.6. The molecule has 1 aromatic carbocycles. The lowest BCUT2D eigenvalue weighted by Crippen LogP contribution is -2.84. The molecule has 1 aromatic rings. The van der Waals surface area contributed by atoms with Crippen LogP contribution < -0.4 is 5.32 Å². The molecule has 4 aliphatic heterocycles. The van der Waals surface area contributed by atoms with Crippen LogP contribution in [0.5, 0.6) is 0 Å². The average molecular weight is 398 g/mol. The third-order valence-electron chi connectivity index (χ3n) is 8.60. The predicted octanol–water partition coefficient (Wildman–Crippen LogP) is 1.58. The number of nitrogens with zero attached hydrogens (tertiary/aromatic N) is 1. The molecule has 6 rings (SSSR count). The van der Waals surface area contributed by atoms with Gasteiger partial charge in [0, 0.05) is 38.1 Å². The molecular formula is C22H26N2O5. The standard InChI is InChI=1S/C22H26N2O5/c1-4-13-11-24-17-10-20-14-7-5-6-8-16(14)23-22(20,29-17)21(24,28-3)9-15(13)19(20,12-25)18(26)27-2/h4-8,15,17,23,25H,9-12H2,1-3H3/t15-,17-,19-,20-,21+,22+/m0/s1. The maximum atomic E-state index is 13.6. The largest absolute Gasteiger partial charge is 0.468 e. The van der Waals surface area contributed by atoms with Crippen LogP contribution in [0.15, 0.2) is 35.9 Å². The van der Waals surface area contributed by atoms with Gasteiger partial charge in [-0.1, -0.05) is 29.8 Å². The van der Waals surface area contributed by atoms with Gasteiger partial charge in [-0.3, -0.25) is 4.79 Å². The Kier molecular flexibility index (Phi) is 3.21. The van der Waals surface area contributed by atoms with Crippen molar-refractivity contribution in [3.63, 3.8) is 0 Å². The van der Waals surface area contributed by atoms with Crippen molar-refractivity contribution in [2.24, 2.45) is 11.3 Å². The topological polar surface area (TPSA) is 80.3 Å². The molecule has 1 saturated carbocycles. The SMILES string of the molecule is CC=C1CN2[C@@H]3C[C@@]45c6ccccc6N[C@]4(O3)[C@]2(OC)C[C@@H]1[C@@]5(CO)C(=O)OC. The van der Waals surface area contributed by atoms with Gasteiger partial charge in [0.25, 0.3) is 0 Å². The number of aliphatic hydroxyl groups excluding tert-OH is 1. The van der Waals surface area contributed by atoms with Crippen LogP contribution in [0.25, 0.3) is 0 Å². The first kappa shape index (κ1) is 17.9. The van der Waals surface area contributed by atoms with Crippen LogP contribution in [0.4, 0.5) is 5.69 Å². The van der Waals surface area contributed by atoms with Gasteiger partial charge in [-0.25, -0.2) is 4.90 Å². The minimum absolute atomic E-state index is 0.204. The number of benzene rings is 1. The lowest BCUT2D eigenvalue weighted by molar-refractivity contribution is -0.277. The normalized spacial score (nSPS) is 47.2. The third kappa shape index (κ3) is 1.45. The zero-order chi connectivity index (χ0) is 20.2. The number of esters is 1. The summed E-state index contributed by atoms with van der Waals surface area (Å²) in [6.45, 7) is 2.33. The number of carbonyl (C=O) groups excluding carboxylic acids is 1. The molecule has 6 atom stereocenters. The number of hydrogen-bond acceptors (Lipinski definition) is 7. The molecule has 0 radical (unpaired) electrons. The number of para-hydroxylation sites is 1. The summed E-state index contributed by atoms with van der Waals surface area (Å²) in [7, 11) is 3.14. The molecule has 154 valence electrons. The minimum atomic E-state index is -1.16. The molecule has 7 nitrogen and oxygen atoms in total. The molecule has 7 heteroatoms. The summed E-state index contributed by atoms with van der Waals surface area (Å²) < 4.78 is 18.4. The van der Waals surface area contributed by atoms with Crippen molar-refractivity contribution in [3.05, 3.63) is 41.5 Å². The molecule has 0 aromatic heterocycles. The number of piperidine rings is 2. The first-order valence-corrected chi connectivity index (χ1v) is 10.2. The van der Waals surface area contributed by atoms with Gasteiger partial charge in [0.1, 0.15) is 11.6 Å². The summed E-state index contributed by atoms with van der Waals surface area (Å²) in [6.07, 6.45) is 3.03. The molecular weight excluding hydrogens is 372 g/mol. The first-order chi connectivity index (χ1) is 14.0. The van der Waals surface area contributed by atoms with Crippen molar-refractivity contribution >= 4 is 11.7 Å². The highest BCUT2D eigenvalue weighted by molar-refractivity contribution is 5.86. The number of aliphatic hydroxyl groups is 1. The fraction of sp³-hybridized carbons (Fsp3) is 0.591. The highest BCUT2D eigenvalue weighted by Gasteiger charge is 2.92. The van der Waals surface area contributed by atoms with Crippen molar-refractivity contribution in [2.45, 2.75) is 42.9 Å². The second-order valence-corrected chi connectivity index (χ2v) is 8.89. The van der Waals surface area contributed by atoms with E-state index in [1.54, 1.807) is 7.11 Å². The average Bonchev–Trinajstić information content (AvgIpc) is 3.34. The molecule has 4 fully saturated rings. The van der Waals surface area contributed by atoms with E-state index in [1.807, 2.05) is 25.1 Å². The van der Waals surface area contributed by atoms with E-state index in [4.69, 9.17) is 14.2 Å². The van der Waals surface area contributed by atoms with Gasteiger partial charge in [-0.05, 0) is 18.6 Å². The summed E-state index contributed by atoms with van der Waals surface area (Å²) in [5.74, 6) is -0.582. The van der Waals surface area contributed by atoms with E-state index in [2.05, 4.69) is 22.4 Å². The van der Waals surface area contributed by atoms with Crippen molar-refractivity contribution in [3.8, 4) is 0 Å². The highest BCUT2D eigenvalue weighted by atomic mass is 16.6. The molecule has 0 unspecified atom stereocenters. The predicted molar refractivity (Wildman–Crippen MR) is 104 cm³/mol. The molecule has 0 amide bonds. The van der Waals surface area contributed by atoms with Crippen molar-refractivity contribution in [1.29, 1.82) is 0 Å². The fourth-order valence-corrected chi connectivity index (χ4v) is 7.65. The maximum absolute atomic E-state index is 13.6. The third-order valence-corrected chi connectivity index (χ3v) is 8.60. The minimum Gasteiger partial charge on any atom is -0.468 e. The second-order valence-electron chi connectivity index (χ2n) is 8.89. The van der Waals surface area contributed by atoms with Crippen LogP contribution >= 0.6 is 0 Å². The summed E-state index contributed by atoms with van der Waals surface area (Å²) in [5.41, 5.74) is -0.579. The quantitative estimate of drug-likeness (QED) is 0.591. The molecule has 2 N–H and O–H groups in total. The van der Waals surface area contributed by atoms with Gasteiger partial charge >= 0.3 is 5.97 Å². The van der Waals surface area contributed by atoms with Gasteiger partial charge in [0.2, 0.25) is 0 Å². The van der Waals surface area contributed by atoms with Crippen molar-refractivity contribution in [2.75, 3.05) is 32.7 Å². The second kappa shape index (κ2) is 5.21. The van der Waals surface area contributed by atoms with Gasteiger partial charge in [-0.2, -0.15) is 0 Å². The zero-order valence-electron chi connectivity index (χ0n) is 16.9. The number of methoxy groups -OCH3 is 2. The molecule has 5 aliphatic rings. The number of ether oxygens (including phenoxy) is 3. The molecule has 29 heavy (non-hydrogen) atoms. The summed E-state index contributed by atoms with van der Waals surface area (Å²) >= 11 is 0. The van der Waals surface area contributed by atoms with Gasteiger partial charge in [0.05, 0.1) is 19.1 Å². The van der Waals surface area contributed by atoms with Crippen molar-refractivity contribution in [1.82, 2.24) is 4.90 Å². The Bertz CT molecular complexity index is 964. The fourth-order valence-electron chi connectivity index (χ4n) is 7.65. The van der Waals surface area contributed by atoms with Crippen LogP contribution in [-0.4, -0.2) is 61.0 Å². The monoisotopic (exact) mass is 398 g/mol. The van der Waals surface area contributed by atoms with Crippen LogP contribution in [0, 0.1) is 11.3 Å². The smallest absolute Gasteiger partial charge is 0.315 e. The number of rotatable bonds is 3. The lowest BCUT2D eigenvalue weighted by Gasteiger charge is -2.68.